The van der Waals surface area contributed by atoms with Crippen molar-refractivity contribution in [2.75, 3.05) is 11.9 Å². The summed E-state index contributed by atoms with van der Waals surface area (Å²) in [6.45, 7) is 2.34. The Bertz CT molecular complexity index is 1150. The van der Waals surface area contributed by atoms with Crippen LogP contribution in [-0.2, 0) is 16.6 Å². The highest BCUT2D eigenvalue weighted by Gasteiger charge is 2.58. The normalized spacial score (nSPS) is 21.9. The van der Waals surface area contributed by atoms with Crippen molar-refractivity contribution in [3.8, 4) is 0 Å². The molecule has 156 valence electrons. The van der Waals surface area contributed by atoms with Gasteiger partial charge in [0.25, 0.3) is 5.91 Å². The molecule has 3 heterocycles. The number of likely N-dealkylation sites (tertiary alicyclic amines) is 1. The number of nitrogens with zero attached hydrogens (tertiary/aromatic N) is 3. The smallest absolute Gasteiger partial charge is 0.257 e. The summed E-state index contributed by atoms with van der Waals surface area (Å²) in [5.41, 5.74) is 3.46. The Morgan fingerprint density at radius 2 is 1.94 bits per heavy atom. The van der Waals surface area contributed by atoms with Gasteiger partial charge in [-0.1, -0.05) is 48.5 Å². The summed E-state index contributed by atoms with van der Waals surface area (Å²) in [6.07, 6.45) is 5.12. The number of fused-ring (bicyclic) bond motifs is 2. The van der Waals surface area contributed by atoms with Crippen LogP contribution in [-0.4, -0.2) is 39.3 Å². The van der Waals surface area contributed by atoms with E-state index in [0.29, 0.717) is 30.6 Å². The van der Waals surface area contributed by atoms with Crippen molar-refractivity contribution in [2.45, 2.75) is 37.6 Å². The Balaban J connectivity index is 1.55. The fourth-order valence-electron chi connectivity index (χ4n) is 5.15. The molecule has 6 heteroatoms. The molecule has 3 aromatic rings. The third-order valence-electron chi connectivity index (χ3n) is 6.71. The number of para-hydroxylation sites is 1. The van der Waals surface area contributed by atoms with E-state index >= 15 is 0 Å². The Morgan fingerprint density at radius 3 is 2.74 bits per heavy atom. The second kappa shape index (κ2) is 7.61. The van der Waals surface area contributed by atoms with Gasteiger partial charge in [0.2, 0.25) is 5.91 Å². The van der Waals surface area contributed by atoms with Gasteiger partial charge in [-0.15, -0.1) is 0 Å². The molecule has 2 aromatic carbocycles. The fraction of sp³-hybridized carbons (Fsp3) is 0.280. The number of amides is 2. The van der Waals surface area contributed by atoms with Crippen LogP contribution in [0.15, 0.2) is 67.1 Å². The van der Waals surface area contributed by atoms with Crippen LogP contribution in [0, 0.1) is 6.92 Å². The highest BCUT2D eigenvalue weighted by atomic mass is 16.2. The van der Waals surface area contributed by atoms with Crippen LogP contribution in [0.4, 0.5) is 5.69 Å². The summed E-state index contributed by atoms with van der Waals surface area (Å²) in [5.74, 6) is -0.117. The molecule has 2 amide bonds. The van der Waals surface area contributed by atoms with Crippen molar-refractivity contribution in [3.63, 3.8) is 0 Å². The van der Waals surface area contributed by atoms with E-state index in [-0.39, 0.29) is 17.9 Å². The van der Waals surface area contributed by atoms with Crippen molar-refractivity contribution in [1.82, 2.24) is 14.9 Å². The largest absolute Gasteiger partial charge is 0.334 e. The Hall–Kier alpha value is -3.54. The second-order valence-electron chi connectivity index (χ2n) is 8.28. The van der Waals surface area contributed by atoms with Crippen LogP contribution in [0.2, 0.25) is 0 Å². The van der Waals surface area contributed by atoms with Gasteiger partial charge in [0.15, 0.2) is 0 Å². The summed E-state index contributed by atoms with van der Waals surface area (Å²) in [4.78, 5) is 37.1. The number of aromatic nitrogens is 2. The summed E-state index contributed by atoms with van der Waals surface area (Å²) in [7, 11) is 0. The highest BCUT2D eigenvalue weighted by molar-refractivity contribution is 6.08. The molecular weight excluding hydrogens is 388 g/mol. The highest BCUT2D eigenvalue weighted by Crippen LogP contribution is 2.49. The molecule has 0 bridgehead atoms. The lowest BCUT2D eigenvalue weighted by atomic mass is 9.73. The number of carbonyl (C=O) groups excluding carboxylic acids is 2. The quantitative estimate of drug-likeness (QED) is 0.711. The zero-order chi connectivity index (χ0) is 21.4. The molecule has 0 aliphatic carbocycles. The molecule has 31 heavy (non-hydrogen) atoms. The minimum atomic E-state index is -0.732. The predicted octanol–water partition coefficient (Wildman–Crippen LogP) is 3.52. The van der Waals surface area contributed by atoms with Gasteiger partial charge in [-0.3, -0.25) is 9.59 Å². The Morgan fingerprint density at radius 1 is 1.16 bits per heavy atom. The molecular formula is C25H24N4O2. The van der Waals surface area contributed by atoms with E-state index in [0.717, 1.165) is 17.7 Å². The minimum absolute atomic E-state index is 0.0110. The maximum atomic E-state index is 13.6. The summed E-state index contributed by atoms with van der Waals surface area (Å²) >= 11 is 0. The number of carbonyl (C=O) groups is 2. The average molecular weight is 412 g/mol. The van der Waals surface area contributed by atoms with Gasteiger partial charge >= 0.3 is 0 Å². The van der Waals surface area contributed by atoms with Crippen LogP contribution >= 0.6 is 0 Å². The maximum Gasteiger partial charge on any atom is 0.257 e. The van der Waals surface area contributed by atoms with Crippen molar-refractivity contribution in [1.29, 1.82) is 0 Å². The fourth-order valence-corrected chi connectivity index (χ4v) is 5.15. The van der Waals surface area contributed by atoms with Crippen LogP contribution in [0.3, 0.4) is 0 Å². The lowest BCUT2D eigenvalue weighted by molar-refractivity contribution is -0.121. The monoisotopic (exact) mass is 412 g/mol. The second-order valence-corrected chi connectivity index (χ2v) is 8.28. The van der Waals surface area contributed by atoms with Gasteiger partial charge in [-0.25, -0.2) is 9.97 Å². The van der Waals surface area contributed by atoms with E-state index in [9.17, 15) is 9.59 Å². The van der Waals surface area contributed by atoms with Crippen molar-refractivity contribution < 1.29 is 9.59 Å². The summed E-state index contributed by atoms with van der Waals surface area (Å²) in [5, 5.41) is 3.07. The van der Waals surface area contributed by atoms with Crippen LogP contribution < -0.4 is 5.32 Å². The first-order chi connectivity index (χ1) is 15.1. The molecule has 0 radical (unpaired) electrons. The van der Waals surface area contributed by atoms with Crippen LogP contribution in [0.1, 0.15) is 40.0 Å². The molecule has 2 aliphatic heterocycles. The van der Waals surface area contributed by atoms with E-state index in [1.807, 2.05) is 54.3 Å². The van der Waals surface area contributed by atoms with Gasteiger partial charge in [-0.05, 0) is 43.4 Å². The molecule has 2 atom stereocenters. The van der Waals surface area contributed by atoms with E-state index in [1.54, 1.807) is 6.20 Å². The van der Waals surface area contributed by atoms with Crippen molar-refractivity contribution in [3.05, 3.63) is 89.5 Å². The number of anilines is 1. The van der Waals surface area contributed by atoms with Gasteiger partial charge in [0.05, 0.1) is 22.7 Å². The molecule has 1 N–H and O–H groups in total. The van der Waals surface area contributed by atoms with E-state index < -0.39 is 5.41 Å². The number of aryl methyl sites for hydroxylation is 2. The van der Waals surface area contributed by atoms with Gasteiger partial charge in [0.1, 0.15) is 6.33 Å². The molecule has 1 fully saturated rings. The number of rotatable bonds is 4. The first-order valence-corrected chi connectivity index (χ1v) is 10.6. The first-order valence-electron chi connectivity index (χ1n) is 10.6. The number of hydrogen-bond donors (Lipinski definition) is 1. The topological polar surface area (TPSA) is 75.2 Å². The molecule has 5 rings (SSSR count). The van der Waals surface area contributed by atoms with Crippen molar-refractivity contribution >= 4 is 17.5 Å². The van der Waals surface area contributed by atoms with Crippen LogP contribution in [0.5, 0.6) is 0 Å². The Labute approximate surface area is 181 Å². The molecule has 2 aliphatic rings. The summed E-state index contributed by atoms with van der Waals surface area (Å²) < 4.78 is 0. The number of hydrogen-bond acceptors (Lipinski definition) is 4. The van der Waals surface area contributed by atoms with E-state index in [4.69, 9.17) is 0 Å². The van der Waals surface area contributed by atoms with E-state index in [1.165, 1.54) is 11.9 Å². The maximum absolute atomic E-state index is 13.6. The van der Waals surface area contributed by atoms with E-state index in [2.05, 4.69) is 27.4 Å². The summed E-state index contributed by atoms with van der Waals surface area (Å²) in [6, 6.07) is 17.8. The molecule has 0 saturated carbocycles. The SMILES string of the molecule is Cc1ncncc1C(=O)N1CC[C@@]2(C(=O)Nc3ccccc32)[C@@H]1CCc1ccccc1. The lowest BCUT2D eigenvalue weighted by Gasteiger charge is -2.34. The average Bonchev–Trinajstić information content (AvgIpc) is 3.32. The third-order valence-corrected chi connectivity index (χ3v) is 6.71. The van der Waals surface area contributed by atoms with Gasteiger partial charge < -0.3 is 10.2 Å². The molecule has 1 saturated heterocycles. The van der Waals surface area contributed by atoms with Gasteiger partial charge in [-0.2, -0.15) is 0 Å². The standard InChI is InChI=1S/C25H24N4O2/c1-17-19(15-26-16-27-17)23(30)29-14-13-25(20-9-5-6-10-21(20)28-24(25)31)22(29)12-11-18-7-3-2-4-8-18/h2-10,15-16,22H,11-14H2,1H3,(H,28,31)/t22-,25-/m0/s1. The van der Waals surface area contributed by atoms with Crippen molar-refractivity contribution in [2.24, 2.45) is 0 Å². The van der Waals surface area contributed by atoms with Crippen LogP contribution in [0.25, 0.3) is 0 Å². The molecule has 1 spiro atoms. The minimum Gasteiger partial charge on any atom is -0.334 e. The molecule has 6 nitrogen and oxygen atoms in total. The van der Waals surface area contributed by atoms with Gasteiger partial charge in [0, 0.05) is 18.4 Å². The molecule has 1 aromatic heterocycles. The predicted molar refractivity (Wildman–Crippen MR) is 118 cm³/mol. The Kier molecular flexibility index (Phi) is 4.77. The number of benzene rings is 2. The first kappa shape index (κ1) is 19.4. The zero-order valence-corrected chi connectivity index (χ0v) is 17.4. The third kappa shape index (κ3) is 3.10. The molecule has 0 unspecified atom stereocenters. The zero-order valence-electron chi connectivity index (χ0n) is 17.4. The lowest BCUT2D eigenvalue weighted by Crippen LogP contribution is -2.49. The number of nitrogens with one attached hydrogen (secondary N) is 1.